The van der Waals surface area contributed by atoms with Crippen LogP contribution in [0.5, 0.6) is 0 Å². The highest BCUT2D eigenvalue weighted by molar-refractivity contribution is 5.88. The number of nitrogens with two attached hydrogens (primary N) is 1. The van der Waals surface area contributed by atoms with E-state index in [4.69, 9.17) is 5.73 Å². The van der Waals surface area contributed by atoms with Gasteiger partial charge in [0, 0.05) is 6.54 Å². The van der Waals surface area contributed by atoms with Gasteiger partial charge in [-0.25, -0.2) is 0 Å². The molecule has 3 N–H and O–H groups in total. The summed E-state index contributed by atoms with van der Waals surface area (Å²) >= 11 is 0. The second-order valence-corrected chi connectivity index (χ2v) is 5.80. The minimum Gasteiger partial charge on any atom is -0.354 e. The normalized spacial score (nSPS) is 40.5. The maximum atomic E-state index is 11.7. The van der Waals surface area contributed by atoms with Gasteiger partial charge in [0.05, 0.1) is 5.54 Å². The minimum absolute atomic E-state index is 0.0882. The van der Waals surface area contributed by atoms with Gasteiger partial charge in [-0.2, -0.15) is 0 Å². The second kappa shape index (κ2) is 3.21. The number of fused-ring (bicyclic) bond motifs is 2. The van der Waals surface area contributed by atoms with Gasteiger partial charge in [0.1, 0.15) is 0 Å². The Kier molecular flexibility index (Phi) is 2.06. The Morgan fingerprint density at radius 3 is 2.67 bits per heavy atom. The van der Waals surface area contributed by atoms with Crippen LogP contribution < -0.4 is 11.1 Å². The van der Waals surface area contributed by atoms with E-state index in [0.29, 0.717) is 0 Å². The highest BCUT2D eigenvalue weighted by Crippen LogP contribution is 2.48. The summed E-state index contributed by atoms with van der Waals surface area (Å²) in [4.78, 5) is 11.7. The van der Waals surface area contributed by atoms with Gasteiger partial charge in [-0.1, -0.05) is 6.42 Å². The summed E-state index contributed by atoms with van der Waals surface area (Å²) in [6, 6.07) is 0. The molecule has 0 aromatic rings. The first-order valence-electron chi connectivity index (χ1n) is 6.24. The molecule has 0 spiro atoms. The van der Waals surface area contributed by atoms with Crippen molar-refractivity contribution in [2.75, 3.05) is 6.54 Å². The maximum Gasteiger partial charge on any atom is 0.240 e. The van der Waals surface area contributed by atoms with Crippen molar-refractivity contribution < 1.29 is 4.79 Å². The van der Waals surface area contributed by atoms with Crippen molar-refractivity contribution in [3.05, 3.63) is 0 Å². The molecule has 3 atom stereocenters. The zero-order chi connectivity index (χ0) is 10.5. The van der Waals surface area contributed by atoms with Gasteiger partial charge in [0.15, 0.2) is 0 Å². The lowest BCUT2D eigenvalue weighted by atomic mass is 9.89. The first kappa shape index (κ1) is 9.64. The van der Waals surface area contributed by atoms with E-state index in [0.717, 1.165) is 37.1 Å². The van der Waals surface area contributed by atoms with Crippen LogP contribution in [-0.4, -0.2) is 18.0 Å². The van der Waals surface area contributed by atoms with Crippen LogP contribution >= 0.6 is 0 Å². The first-order valence-corrected chi connectivity index (χ1v) is 6.24. The minimum atomic E-state index is -0.488. The van der Waals surface area contributed by atoms with Crippen LogP contribution in [0.4, 0.5) is 0 Å². The van der Waals surface area contributed by atoms with Crippen LogP contribution in [0, 0.1) is 17.8 Å². The molecule has 3 rings (SSSR count). The van der Waals surface area contributed by atoms with E-state index in [1.807, 2.05) is 0 Å². The Hall–Kier alpha value is -0.570. The van der Waals surface area contributed by atoms with Crippen LogP contribution in [0.3, 0.4) is 0 Å². The van der Waals surface area contributed by atoms with E-state index in [-0.39, 0.29) is 5.91 Å². The number of carbonyl (C=O) groups excluding carboxylic acids is 1. The molecule has 15 heavy (non-hydrogen) atoms. The summed E-state index contributed by atoms with van der Waals surface area (Å²) in [6.07, 6.45) is 7.30. The molecule has 3 saturated carbocycles. The van der Waals surface area contributed by atoms with Gasteiger partial charge in [0.2, 0.25) is 5.91 Å². The maximum absolute atomic E-state index is 11.7. The van der Waals surface area contributed by atoms with E-state index in [1.165, 1.54) is 25.7 Å². The van der Waals surface area contributed by atoms with Crippen molar-refractivity contribution in [1.82, 2.24) is 5.32 Å². The molecule has 0 aromatic carbocycles. The molecule has 0 aliphatic heterocycles. The van der Waals surface area contributed by atoms with E-state index in [9.17, 15) is 4.79 Å². The summed E-state index contributed by atoms with van der Waals surface area (Å²) in [5, 5.41) is 3.05. The number of nitrogens with one attached hydrogen (secondary N) is 1. The number of hydrogen-bond acceptors (Lipinski definition) is 2. The predicted molar refractivity (Wildman–Crippen MR) is 58.1 cm³/mol. The Morgan fingerprint density at radius 1 is 1.33 bits per heavy atom. The van der Waals surface area contributed by atoms with Crippen LogP contribution in [0.1, 0.15) is 38.5 Å². The number of hydrogen-bond donors (Lipinski definition) is 2. The fourth-order valence-corrected chi connectivity index (χ4v) is 3.39. The van der Waals surface area contributed by atoms with Crippen LogP contribution in [0.25, 0.3) is 0 Å². The summed E-state index contributed by atoms with van der Waals surface area (Å²) in [6.45, 7) is 0.874. The molecule has 3 aliphatic carbocycles. The van der Waals surface area contributed by atoms with Gasteiger partial charge < -0.3 is 11.1 Å². The molecule has 0 aromatic heterocycles. The summed E-state index contributed by atoms with van der Waals surface area (Å²) < 4.78 is 0. The quantitative estimate of drug-likeness (QED) is 0.728. The van der Waals surface area contributed by atoms with E-state index in [1.54, 1.807) is 0 Å². The zero-order valence-corrected chi connectivity index (χ0v) is 9.17. The Balaban J connectivity index is 1.48. The van der Waals surface area contributed by atoms with Crippen LogP contribution in [-0.2, 0) is 4.79 Å². The molecule has 3 fully saturated rings. The lowest BCUT2D eigenvalue weighted by Crippen LogP contribution is -2.44. The zero-order valence-electron chi connectivity index (χ0n) is 9.17. The van der Waals surface area contributed by atoms with E-state index in [2.05, 4.69) is 5.32 Å². The third-order valence-corrected chi connectivity index (χ3v) is 4.65. The Bertz CT molecular complexity index is 285. The van der Waals surface area contributed by atoms with Crippen molar-refractivity contribution in [1.29, 1.82) is 0 Å². The Morgan fingerprint density at radius 2 is 2.13 bits per heavy atom. The predicted octanol–water partition coefficient (Wildman–Crippen LogP) is 1.03. The highest BCUT2D eigenvalue weighted by atomic mass is 16.2. The lowest BCUT2D eigenvalue weighted by molar-refractivity contribution is -0.123. The Labute approximate surface area is 90.8 Å². The molecule has 0 heterocycles. The van der Waals surface area contributed by atoms with Crippen LogP contribution in [0.2, 0.25) is 0 Å². The van der Waals surface area contributed by atoms with E-state index >= 15 is 0 Å². The lowest BCUT2D eigenvalue weighted by Gasteiger charge is -2.22. The van der Waals surface area contributed by atoms with Gasteiger partial charge >= 0.3 is 0 Å². The molecule has 3 nitrogen and oxygen atoms in total. The van der Waals surface area contributed by atoms with Gasteiger partial charge in [0.25, 0.3) is 0 Å². The average molecular weight is 208 g/mol. The van der Waals surface area contributed by atoms with Crippen molar-refractivity contribution in [3.8, 4) is 0 Å². The van der Waals surface area contributed by atoms with Crippen LogP contribution in [0.15, 0.2) is 0 Å². The fraction of sp³-hybridized carbons (Fsp3) is 0.917. The highest BCUT2D eigenvalue weighted by Gasteiger charge is 2.46. The molecule has 84 valence electrons. The summed E-state index contributed by atoms with van der Waals surface area (Å²) in [7, 11) is 0. The molecule has 3 heteroatoms. The third kappa shape index (κ3) is 1.67. The van der Waals surface area contributed by atoms with Crippen molar-refractivity contribution in [2.24, 2.45) is 23.5 Å². The number of amides is 1. The van der Waals surface area contributed by atoms with Gasteiger partial charge in [-0.05, 0) is 49.9 Å². The largest absolute Gasteiger partial charge is 0.354 e. The van der Waals surface area contributed by atoms with Crippen molar-refractivity contribution >= 4 is 5.91 Å². The standard InChI is InChI=1S/C12H20N2O/c13-12(3-4-12)11(15)14-7-10-6-8-1-2-9(10)5-8/h8-10H,1-7,13H2,(H,14,15). The topological polar surface area (TPSA) is 55.1 Å². The van der Waals surface area contributed by atoms with E-state index < -0.39 is 5.54 Å². The summed E-state index contributed by atoms with van der Waals surface area (Å²) in [5.41, 5.74) is 5.35. The monoisotopic (exact) mass is 208 g/mol. The van der Waals surface area contributed by atoms with Gasteiger partial charge in [-0.15, -0.1) is 0 Å². The smallest absolute Gasteiger partial charge is 0.240 e. The van der Waals surface area contributed by atoms with Crippen molar-refractivity contribution in [2.45, 2.75) is 44.1 Å². The van der Waals surface area contributed by atoms with Gasteiger partial charge in [-0.3, -0.25) is 4.79 Å². The SMILES string of the molecule is NC1(C(=O)NCC2CC3CCC2C3)CC1. The number of rotatable bonds is 3. The average Bonchev–Trinajstić information content (AvgIpc) is 2.72. The molecule has 3 aliphatic rings. The number of carbonyl (C=O) groups is 1. The molecule has 1 amide bonds. The molecule has 3 unspecified atom stereocenters. The molecule has 0 radical (unpaired) electrons. The third-order valence-electron chi connectivity index (χ3n) is 4.65. The van der Waals surface area contributed by atoms with Crippen molar-refractivity contribution in [3.63, 3.8) is 0 Å². The molecular weight excluding hydrogens is 188 g/mol. The molecule has 2 bridgehead atoms. The summed E-state index contributed by atoms with van der Waals surface area (Å²) in [5.74, 6) is 2.69. The molecular formula is C12H20N2O. The molecule has 0 saturated heterocycles. The fourth-order valence-electron chi connectivity index (χ4n) is 3.39. The first-order chi connectivity index (χ1) is 7.17. The second-order valence-electron chi connectivity index (χ2n) is 5.80.